The van der Waals surface area contributed by atoms with E-state index in [4.69, 9.17) is 0 Å². The van der Waals surface area contributed by atoms with Crippen molar-refractivity contribution in [1.29, 1.82) is 0 Å². The van der Waals surface area contributed by atoms with Gasteiger partial charge in [-0.25, -0.2) is 0 Å². The second-order valence-corrected chi connectivity index (χ2v) is 6.66. The first-order valence-corrected chi connectivity index (χ1v) is 7.17. The first-order valence-electron chi connectivity index (χ1n) is 7.17. The van der Waals surface area contributed by atoms with E-state index in [0.29, 0.717) is 0 Å². The summed E-state index contributed by atoms with van der Waals surface area (Å²) in [4.78, 5) is 0. The lowest BCUT2D eigenvalue weighted by molar-refractivity contribution is 0.132. The maximum atomic E-state index is 2.43. The highest BCUT2D eigenvalue weighted by atomic mass is 14.4. The Kier molecular flexibility index (Phi) is 3.47. The molecule has 0 spiro atoms. The first kappa shape index (κ1) is 12.2. The minimum atomic E-state index is 0.908. The molecule has 0 aromatic heterocycles. The molecule has 5 unspecified atom stereocenters. The largest absolute Gasteiger partial charge is 0.0738 e. The summed E-state index contributed by atoms with van der Waals surface area (Å²) in [5.41, 5.74) is 3.44. The van der Waals surface area contributed by atoms with E-state index < -0.39 is 0 Å². The molecule has 0 saturated heterocycles. The van der Waals surface area contributed by atoms with E-state index in [1.165, 1.54) is 25.7 Å². The zero-order chi connectivity index (χ0) is 11.9. The molecular weight excluding hydrogens is 192 g/mol. The van der Waals surface area contributed by atoms with Crippen LogP contribution in [0.15, 0.2) is 11.1 Å². The molecule has 0 aromatic rings. The standard InChI is InChI=1S/C16H28/c1-10-6-7-15(10)8-11(2)13(4)16-9-12(3)14(16)5/h10,12,14-16H,6-9H2,1-5H3. The maximum Gasteiger partial charge on any atom is -0.0173 e. The van der Waals surface area contributed by atoms with Crippen molar-refractivity contribution in [2.75, 3.05) is 0 Å². The zero-order valence-electron chi connectivity index (χ0n) is 11.7. The minimum absolute atomic E-state index is 0.908. The lowest BCUT2D eigenvalue weighted by Gasteiger charge is -2.43. The van der Waals surface area contributed by atoms with Gasteiger partial charge in [-0.15, -0.1) is 0 Å². The zero-order valence-corrected chi connectivity index (χ0v) is 11.7. The smallest absolute Gasteiger partial charge is 0.0173 e. The minimum Gasteiger partial charge on any atom is -0.0738 e. The second-order valence-electron chi connectivity index (χ2n) is 6.66. The summed E-state index contributed by atoms with van der Waals surface area (Å²) in [6.45, 7) is 12.0. The lowest BCUT2D eigenvalue weighted by Crippen LogP contribution is -2.34. The molecule has 0 heteroatoms. The van der Waals surface area contributed by atoms with Crippen molar-refractivity contribution in [2.45, 2.75) is 60.3 Å². The molecule has 2 aliphatic carbocycles. The van der Waals surface area contributed by atoms with Crippen LogP contribution in [0, 0.1) is 29.6 Å². The van der Waals surface area contributed by atoms with E-state index in [0.717, 1.165) is 29.6 Å². The average Bonchev–Trinajstić information content (AvgIpc) is 2.29. The molecule has 0 nitrogen and oxygen atoms in total. The van der Waals surface area contributed by atoms with Gasteiger partial charge in [-0.3, -0.25) is 0 Å². The van der Waals surface area contributed by atoms with Crippen LogP contribution in [0.4, 0.5) is 0 Å². The van der Waals surface area contributed by atoms with E-state index in [-0.39, 0.29) is 0 Å². The van der Waals surface area contributed by atoms with Crippen LogP contribution in [0.5, 0.6) is 0 Å². The van der Waals surface area contributed by atoms with Crippen LogP contribution in [-0.2, 0) is 0 Å². The van der Waals surface area contributed by atoms with E-state index in [1.807, 2.05) is 0 Å². The molecular formula is C16H28. The molecule has 5 atom stereocenters. The Morgan fingerprint density at radius 3 is 2.06 bits per heavy atom. The maximum absolute atomic E-state index is 2.43. The summed E-state index contributed by atoms with van der Waals surface area (Å²) >= 11 is 0. The van der Waals surface area contributed by atoms with Gasteiger partial charge in [0.1, 0.15) is 0 Å². The second kappa shape index (κ2) is 4.55. The predicted octanol–water partition coefficient (Wildman–Crippen LogP) is 5.05. The van der Waals surface area contributed by atoms with Gasteiger partial charge < -0.3 is 0 Å². The highest BCUT2D eigenvalue weighted by Crippen LogP contribution is 2.46. The topological polar surface area (TPSA) is 0 Å². The molecule has 2 saturated carbocycles. The van der Waals surface area contributed by atoms with E-state index in [9.17, 15) is 0 Å². The van der Waals surface area contributed by atoms with Gasteiger partial charge in [0.25, 0.3) is 0 Å². The fourth-order valence-electron chi connectivity index (χ4n) is 3.51. The van der Waals surface area contributed by atoms with E-state index in [1.54, 1.807) is 11.1 Å². The number of hydrogen-bond donors (Lipinski definition) is 0. The molecule has 2 rings (SSSR count). The van der Waals surface area contributed by atoms with Crippen molar-refractivity contribution in [3.63, 3.8) is 0 Å². The van der Waals surface area contributed by atoms with Gasteiger partial charge >= 0.3 is 0 Å². The first-order chi connectivity index (χ1) is 7.50. The summed E-state index contributed by atoms with van der Waals surface area (Å²) in [6.07, 6.45) is 5.76. The summed E-state index contributed by atoms with van der Waals surface area (Å²) in [5.74, 6) is 4.78. The molecule has 2 aliphatic rings. The molecule has 0 radical (unpaired) electrons. The third-order valence-electron chi connectivity index (χ3n) is 5.75. The fraction of sp³-hybridized carbons (Fsp3) is 0.875. The van der Waals surface area contributed by atoms with Crippen molar-refractivity contribution in [3.05, 3.63) is 11.1 Å². The van der Waals surface area contributed by atoms with Crippen LogP contribution in [-0.4, -0.2) is 0 Å². The third kappa shape index (κ3) is 2.08. The van der Waals surface area contributed by atoms with Crippen LogP contribution in [0.2, 0.25) is 0 Å². The van der Waals surface area contributed by atoms with E-state index >= 15 is 0 Å². The lowest BCUT2D eigenvalue weighted by atomic mass is 9.62. The molecule has 0 amide bonds. The molecule has 0 aromatic carbocycles. The monoisotopic (exact) mass is 220 g/mol. The Morgan fingerprint density at radius 1 is 1.00 bits per heavy atom. The van der Waals surface area contributed by atoms with Crippen LogP contribution in [0.25, 0.3) is 0 Å². The van der Waals surface area contributed by atoms with Crippen LogP contribution in [0.1, 0.15) is 60.3 Å². The third-order valence-corrected chi connectivity index (χ3v) is 5.75. The molecule has 0 heterocycles. The van der Waals surface area contributed by atoms with Crippen molar-refractivity contribution >= 4 is 0 Å². The number of hydrogen-bond acceptors (Lipinski definition) is 0. The van der Waals surface area contributed by atoms with Gasteiger partial charge in [0.15, 0.2) is 0 Å². The fourth-order valence-corrected chi connectivity index (χ4v) is 3.51. The Balaban J connectivity index is 1.93. The SMILES string of the molecule is CC(CC1CCC1C)=C(C)C1CC(C)C1C. The predicted molar refractivity (Wildman–Crippen MR) is 71.3 cm³/mol. The van der Waals surface area contributed by atoms with Crippen LogP contribution < -0.4 is 0 Å². The van der Waals surface area contributed by atoms with Crippen molar-refractivity contribution < 1.29 is 0 Å². The quantitative estimate of drug-likeness (QED) is 0.584. The van der Waals surface area contributed by atoms with Gasteiger partial charge in [-0.1, -0.05) is 38.3 Å². The van der Waals surface area contributed by atoms with Gasteiger partial charge in [0, 0.05) is 0 Å². The van der Waals surface area contributed by atoms with Gasteiger partial charge in [-0.2, -0.15) is 0 Å². The summed E-state index contributed by atoms with van der Waals surface area (Å²) in [7, 11) is 0. The number of rotatable bonds is 3. The Morgan fingerprint density at radius 2 is 1.69 bits per heavy atom. The van der Waals surface area contributed by atoms with Crippen LogP contribution >= 0.6 is 0 Å². The summed E-state index contributed by atoms with van der Waals surface area (Å²) < 4.78 is 0. The summed E-state index contributed by atoms with van der Waals surface area (Å²) in [6, 6.07) is 0. The average molecular weight is 220 g/mol. The molecule has 0 aliphatic heterocycles. The van der Waals surface area contributed by atoms with Gasteiger partial charge in [0.05, 0.1) is 0 Å². The Bertz CT molecular complexity index is 286. The molecule has 0 N–H and O–H groups in total. The normalized spacial score (nSPS) is 44.4. The van der Waals surface area contributed by atoms with Gasteiger partial charge in [-0.05, 0) is 62.7 Å². The van der Waals surface area contributed by atoms with Crippen molar-refractivity contribution in [1.82, 2.24) is 0 Å². The molecule has 92 valence electrons. The van der Waals surface area contributed by atoms with Crippen molar-refractivity contribution in [3.8, 4) is 0 Å². The van der Waals surface area contributed by atoms with E-state index in [2.05, 4.69) is 34.6 Å². The van der Waals surface area contributed by atoms with Crippen LogP contribution in [0.3, 0.4) is 0 Å². The highest BCUT2D eigenvalue weighted by Gasteiger charge is 2.36. The molecule has 16 heavy (non-hydrogen) atoms. The number of allylic oxidation sites excluding steroid dienone is 2. The Hall–Kier alpha value is -0.260. The molecule has 0 bridgehead atoms. The summed E-state index contributed by atoms with van der Waals surface area (Å²) in [5, 5.41) is 0. The van der Waals surface area contributed by atoms with Crippen molar-refractivity contribution in [2.24, 2.45) is 29.6 Å². The molecule has 2 fully saturated rings. The Labute approximate surface area is 102 Å². The highest BCUT2D eigenvalue weighted by molar-refractivity contribution is 5.18. The van der Waals surface area contributed by atoms with Gasteiger partial charge in [0.2, 0.25) is 0 Å².